The number of hydrogen-bond acceptors (Lipinski definition) is 5. The smallest absolute Gasteiger partial charge is 0.287 e. The minimum Gasteiger partial charge on any atom is -0.497 e. The summed E-state index contributed by atoms with van der Waals surface area (Å²) in [6, 6.07) is 8.16. The number of amides is 2. The summed E-state index contributed by atoms with van der Waals surface area (Å²) in [5, 5.41) is 5.30. The van der Waals surface area contributed by atoms with E-state index < -0.39 is 5.91 Å². The molecule has 0 aliphatic heterocycles. The van der Waals surface area contributed by atoms with E-state index in [1.165, 1.54) is 12.3 Å². The average Bonchev–Trinajstić information content (AvgIpc) is 3.13. The molecule has 2 amide bonds. The number of benzene rings is 1. The number of methoxy groups -OCH3 is 2. The predicted octanol–water partition coefficient (Wildman–Crippen LogP) is 1.90. The highest BCUT2D eigenvalue weighted by Crippen LogP contribution is 2.29. The van der Waals surface area contributed by atoms with Gasteiger partial charge in [0.25, 0.3) is 5.91 Å². The monoisotopic (exact) mass is 332 g/mol. The zero-order valence-electron chi connectivity index (χ0n) is 13.8. The minimum atomic E-state index is -0.443. The standard InChI is InChI=1S/C17H20N2O5/c1-11(13-9-12(22-2)6-7-14(13)23-3)19-16(20)10-18-17(21)15-5-4-8-24-15/h4-9,11H,10H2,1-3H3,(H,18,21)(H,19,20)/t11-/m0/s1. The Labute approximate surface area is 139 Å². The summed E-state index contributed by atoms with van der Waals surface area (Å²) in [4.78, 5) is 23.8. The van der Waals surface area contributed by atoms with Crippen LogP contribution in [0.3, 0.4) is 0 Å². The second-order valence-electron chi connectivity index (χ2n) is 5.06. The first-order valence-corrected chi connectivity index (χ1v) is 7.38. The van der Waals surface area contributed by atoms with Gasteiger partial charge >= 0.3 is 0 Å². The minimum absolute atomic E-state index is 0.157. The number of rotatable bonds is 7. The lowest BCUT2D eigenvalue weighted by atomic mass is 10.1. The molecule has 1 heterocycles. The van der Waals surface area contributed by atoms with Crippen LogP contribution in [-0.4, -0.2) is 32.6 Å². The van der Waals surface area contributed by atoms with Crippen LogP contribution in [0.15, 0.2) is 41.0 Å². The van der Waals surface area contributed by atoms with Crippen molar-refractivity contribution in [1.82, 2.24) is 10.6 Å². The van der Waals surface area contributed by atoms with Crippen molar-refractivity contribution < 1.29 is 23.5 Å². The lowest BCUT2D eigenvalue weighted by molar-refractivity contribution is -0.120. The van der Waals surface area contributed by atoms with Crippen molar-refractivity contribution in [3.05, 3.63) is 47.9 Å². The Kier molecular flexibility index (Phi) is 5.83. The fourth-order valence-corrected chi connectivity index (χ4v) is 2.20. The molecular formula is C17H20N2O5. The molecule has 0 unspecified atom stereocenters. The third kappa shape index (κ3) is 4.28. The Hall–Kier alpha value is -2.96. The van der Waals surface area contributed by atoms with Crippen molar-refractivity contribution in [3.8, 4) is 11.5 Å². The molecule has 1 atom stereocenters. The number of ether oxygens (including phenoxy) is 2. The van der Waals surface area contributed by atoms with Crippen LogP contribution in [-0.2, 0) is 4.79 Å². The molecule has 0 radical (unpaired) electrons. The molecule has 0 aliphatic carbocycles. The molecule has 2 rings (SSSR count). The summed E-state index contributed by atoms with van der Waals surface area (Å²) in [6.45, 7) is 1.67. The van der Waals surface area contributed by atoms with Gasteiger partial charge in [0.2, 0.25) is 5.91 Å². The fourth-order valence-electron chi connectivity index (χ4n) is 2.20. The van der Waals surface area contributed by atoms with Crippen LogP contribution in [0.5, 0.6) is 11.5 Å². The molecule has 128 valence electrons. The van der Waals surface area contributed by atoms with E-state index in [4.69, 9.17) is 13.9 Å². The second kappa shape index (κ2) is 8.05. The lowest BCUT2D eigenvalue weighted by Gasteiger charge is -2.18. The molecule has 0 aliphatic rings. The van der Waals surface area contributed by atoms with E-state index in [2.05, 4.69) is 10.6 Å². The largest absolute Gasteiger partial charge is 0.497 e. The van der Waals surface area contributed by atoms with Gasteiger partial charge in [0.1, 0.15) is 11.5 Å². The number of nitrogens with one attached hydrogen (secondary N) is 2. The quantitative estimate of drug-likeness (QED) is 0.808. The summed E-state index contributed by atoms with van der Waals surface area (Å²) in [7, 11) is 3.13. The molecule has 0 spiro atoms. The highest BCUT2D eigenvalue weighted by atomic mass is 16.5. The Morgan fingerprint density at radius 3 is 2.62 bits per heavy atom. The van der Waals surface area contributed by atoms with Gasteiger partial charge < -0.3 is 24.5 Å². The molecule has 0 saturated heterocycles. The summed E-state index contributed by atoms with van der Waals surface area (Å²) in [5.74, 6) is 0.695. The molecule has 1 aromatic carbocycles. The lowest BCUT2D eigenvalue weighted by Crippen LogP contribution is -2.38. The summed E-state index contributed by atoms with van der Waals surface area (Å²) in [5.41, 5.74) is 0.780. The summed E-state index contributed by atoms with van der Waals surface area (Å²) < 4.78 is 15.5. The Bertz CT molecular complexity index is 697. The highest BCUT2D eigenvalue weighted by Gasteiger charge is 2.16. The van der Waals surface area contributed by atoms with Crippen LogP contribution in [0.2, 0.25) is 0 Å². The Morgan fingerprint density at radius 2 is 2.00 bits per heavy atom. The van der Waals surface area contributed by atoms with Crippen molar-refractivity contribution in [2.24, 2.45) is 0 Å². The summed E-state index contributed by atoms with van der Waals surface area (Å²) in [6.07, 6.45) is 1.39. The van der Waals surface area contributed by atoms with Gasteiger partial charge in [-0.1, -0.05) is 0 Å². The van der Waals surface area contributed by atoms with Crippen LogP contribution in [0.25, 0.3) is 0 Å². The molecule has 2 N–H and O–H groups in total. The summed E-state index contributed by atoms with van der Waals surface area (Å²) >= 11 is 0. The Balaban J connectivity index is 1.95. The highest BCUT2D eigenvalue weighted by molar-refractivity contribution is 5.94. The fraction of sp³-hybridized carbons (Fsp3) is 0.294. The van der Waals surface area contributed by atoms with Crippen LogP contribution in [0.1, 0.15) is 29.1 Å². The molecular weight excluding hydrogens is 312 g/mol. The van der Waals surface area contributed by atoms with Gasteiger partial charge in [-0.05, 0) is 37.3 Å². The van der Waals surface area contributed by atoms with Gasteiger partial charge in [-0.15, -0.1) is 0 Å². The van der Waals surface area contributed by atoms with Crippen LogP contribution in [0.4, 0.5) is 0 Å². The first kappa shape index (κ1) is 17.4. The van der Waals surface area contributed by atoms with Crippen molar-refractivity contribution in [3.63, 3.8) is 0 Å². The van der Waals surface area contributed by atoms with Gasteiger partial charge in [0, 0.05) is 5.56 Å². The van der Waals surface area contributed by atoms with E-state index in [-0.39, 0.29) is 24.3 Å². The van der Waals surface area contributed by atoms with Crippen molar-refractivity contribution in [1.29, 1.82) is 0 Å². The zero-order chi connectivity index (χ0) is 17.5. The molecule has 7 heteroatoms. The van der Waals surface area contributed by atoms with Gasteiger partial charge in [-0.2, -0.15) is 0 Å². The molecule has 2 aromatic rings. The molecule has 0 fully saturated rings. The van der Waals surface area contributed by atoms with Crippen molar-refractivity contribution >= 4 is 11.8 Å². The van der Waals surface area contributed by atoms with Gasteiger partial charge in [-0.3, -0.25) is 9.59 Å². The number of carbonyl (C=O) groups excluding carboxylic acids is 2. The maximum atomic E-state index is 12.0. The van der Waals surface area contributed by atoms with Gasteiger partial charge in [0.05, 0.1) is 33.1 Å². The first-order chi connectivity index (χ1) is 11.5. The van der Waals surface area contributed by atoms with Crippen LogP contribution >= 0.6 is 0 Å². The number of hydrogen-bond donors (Lipinski definition) is 2. The topological polar surface area (TPSA) is 89.8 Å². The molecule has 7 nitrogen and oxygen atoms in total. The van der Waals surface area contributed by atoms with Crippen molar-refractivity contribution in [2.75, 3.05) is 20.8 Å². The molecule has 24 heavy (non-hydrogen) atoms. The van der Waals surface area contributed by atoms with E-state index in [9.17, 15) is 9.59 Å². The van der Waals surface area contributed by atoms with E-state index in [1.54, 1.807) is 38.5 Å². The zero-order valence-corrected chi connectivity index (χ0v) is 13.8. The predicted molar refractivity (Wildman–Crippen MR) is 87.1 cm³/mol. The maximum Gasteiger partial charge on any atom is 0.287 e. The van der Waals surface area contributed by atoms with Gasteiger partial charge in [0.15, 0.2) is 5.76 Å². The van der Waals surface area contributed by atoms with Crippen molar-refractivity contribution in [2.45, 2.75) is 13.0 Å². The van der Waals surface area contributed by atoms with Gasteiger partial charge in [-0.25, -0.2) is 0 Å². The number of carbonyl (C=O) groups is 2. The third-order valence-corrected chi connectivity index (χ3v) is 3.44. The average molecular weight is 332 g/mol. The molecule has 1 aromatic heterocycles. The van der Waals surface area contributed by atoms with E-state index in [0.717, 1.165) is 5.56 Å². The third-order valence-electron chi connectivity index (χ3n) is 3.44. The first-order valence-electron chi connectivity index (χ1n) is 7.38. The SMILES string of the molecule is COc1ccc(OC)c([C@H](C)NC(=O)CNC(=O)c2ccco2)c1. The Morgan fingerprint density at radius 1 is 1.21 bits per heavy atom. The normalized spacial score (nSPS) is 11.5. The maximum absolute atomic E-state index is 12.0. The molecule has 0 saturated carbocycles. The van der Waals surface area contributed by atoms with Crippen LogP contribution in [0, 0.1) is 0 Å². The van der Waals surface area contributed by atoms with E-state index in [0.29, 0.717) is 11.5 Å². The molecule has 0 bridgehead atoms. The second-order valence-corrected chi connectivity index (χ2v) is 5.06. The van der Waals surface area contributed by atoms with E-state index >= 15 is 0 Å². The van der Waals surface area contributed by atoms with E-state index in [1.807, 2.05) is 6.92 Å². The number of furan rings is 1. The van der Waals surface area contributed by atoms with Crippen LogP contribution < -0.4 is 20.1 Å².